The minimum Gasteiger partial charge on any atom is -0.469 e. The van der Waals surface area contributed by atoms with Crippen molar-refractivity contribution in [2.24, 2.45) is 0 Å². The lowest BCUT2D eigenvalue weighted by atomic mass is 10.3. The molecule has 0 aliphatic heterocycles. The lowest BCUT2D eigenvalue weighted by Gasteiger charge is -2.17. The van der Waals surface area contributed by atoms with Gasteiger partial charge in [0.25, 0.3) is 0 Å². The molecule has 0 spiro atoms. The van der Waals surface area contributed by atoms with Crippen molar-refractivity contribution >= 4 is 27.6 Å². The van der Waals surface area contributed by atoms with Gasteiger partial charge in [-0.3, -0.25) is 4.79 Å². The molecule has 0 amide bonds. The standard InChI is InChI=1S/C12H15ClFNO4S/c1-15(7-3-4-12(16)19-2)20(17,18)11-6-5-9(13)8-10(11)14/h5-6,8H,3-4,7H2,1-2H3. The Balaban J connectivity index is 2.79. The van der Waals surface area contributed by atoms with E-state index in [1.54, 1.807) is 0 Å². The number of hydrogen-bond donors (Lipinski definition) is 0. The topological polar surface area (TPSA) is 63.7 Å². The van der Waals surface area contributed by atoms with Crippen LogP contribution in [0, 0.1) is 5.82 Å². The second kappa shape index (κ2) is 7.01. The molecule has 8 heteroatoms. The van der Waals surface area contributed by atoms with Crippen LogP contribution < -0.4 is 0 Å². The van der Waals surface area contributed by atoms with Crippen LogP contribution in [0.5, 0.6) is 0 Å². The van der Waals surface area contributed by atoms with Crippen LogP contribution in [0.4, 0.5) is 4.39 Å². The molecule has 0 radical (unpaired) electrons. The van der Waals surface area contributed by atoms with Crippen LogP contribution in [0.25, 0.3) is 0 Å². The SMILES string of the molecule is COC(=O)CCCN(C)S(=O)(=O)c1ccc(Cl)cc1F. The Morgan fingerprint density at radius 3 is 2.65 bits per heavy atom. The van der Waals surface area contributed by atoms with Crippen LogP contribution in [0.3, 0.4) is 0 Å². The van der Waals surface area contributed by atoms with E-state index in [1.807, 2.05) is 0 Å². The second-order valence-corrected chi connectivity index (χ2v) is 6.53. The first-order valence-electron chi connectivity index (χ1n) is 5.77. The van der Waals surface area contributed by atoms with Crippen molar-refractivity contribution < 1.29 is 22.3 Å². The summed E-state index contributed by atoms with van der Waals surface area (Å²) in [5.41, 5.74) is 0. The molecule has 0 unspecified atom stereocenters. The van der Waals surface area contributed by atoms with E-state index in [0.717, 1.165) is 16.4 Å². The van der Waals surface area contributed by atoms with Gasteiger partial charge in [-0.2, -0.15) is 0 Å². The number of ether oxygens (including phenoxy) is 1. The molecule has 0 aliphatic rings. The van der Waals surface area contributed by atoms with E-state index in [9.17, 15) is 17.6 Å². The molecular weight excluding hydrogens is 309 g/mol. The second-order valence-electron chi connectivity index (χ2n) is 4.08. The summed E-state index contributed by atoms with van der Waals surface area (Å²) in [4.78, 5) is 10.5. The highest BCUT2D eigenvalue weighted by Gasteiger charge is 2.24. The highest BCUT2D eigenvalue weighted by Crippen LogP contribution is 2.21. The van der Waals surface area contributed by atoms with Gasteiger partial charge in [0, 0.05) is 25.0 Å². The molecule has 1 rings (SSSR count). The number of carbonyl (C=O) groups excluding carboxylic acids is 1. The number of hydrogen-bond acceptors (Lipinski definition) is 4. The number of rotatable bonds is 6. The summed E-state index contributed by atoms with van der Waals surface area (Å²) in [7, 11) is -1.37. The molecule has 0 aliphatic carbocycles. The summed E-state index contributed by atoms with van der Waals surface area (Å²) in [6.45, 7) is 0.0828. The predicted molar refractivity (Wildman–Crippen MR) is 72.5 cm³/mol. The fraction of sp³-hybridized carbons (Fsp3) is 0.417. The fourth-order valence-electron chi connectivity index (χ4n) is 1.52. The van der Waals surface area contributed by atoms with Gasteiger partial charge in [-0.1, -0.05) is 11.6 Å². The van der Waals surface area contributed by atoms with Crippen molar-refractivity contribution in [2.75, 3.05) is 20.7 Å². The van der Waals surface area contributed by atoms with Gasteiger partial charge in [0.15, 0.2) is 0 Å². The molecule has 1 aromatic rings. The van der Waals surface area contributed by atoms with Crippen LogP contribution in [0.15, 0.2) is 23.1 Å². The summed E-state index contributed by atoms with van der Waals surface area (Å²) in [5.74, 6) is -1.33. The van der Waals surface area contributed by atoms with Gasteiger partial charge in [-0.05, 0) is 24.6 Å². The maximum absolute atomic E-state index is 13.6. The first-order chi connectivity index (χ1) is 9.28. The first-order valence-corrected chi connectivity index (χ1v) is 7.59. The lowest BCUT2D eigenvalue weighted by Crippen LogP contribution is -2.29. The highest BCUT2D eigenvalue weighted by molar-refractivity contribution is 7.89. The Morgan fingerprint density at radius 1 is 1.45 bits per heavy atom. The van der Waals surface area contributed by atoms with Crippen molar-refractivity contribution in [2.45, 2.75) is 17.7 Å². The van der Waals surface area contributed by atoms with E-state index in [2.05, 4.69) is 4.74 Å². The van der Waals surface area contributed by atoms with Gasteiger partial charge in [0.1, 0.15) is 10.7 Å². The molecule has 20 heavy (non-hydrogen) atoms. The van der Waals surface area contributed by atoms with Gasteiger partial charge in [0.05, 0.1) is 7.11 Å². The van der Waals surface area contributed by atoms with Crippen molar-refractivity contribution in [1.82, 2.24) is 4.31 Å². The van der Waals surface area contributed by atoms with E-state index < -0.39 is 26.7 Å². The van der Waals surface area contributed by atoms with Crippen LogP contribution in [0.2, 0.25) is 5.02 Å². The average Bonchev–Trinajstić information content (AvgIpc) is 2.37. The Kier molecular flexibility index (Phi) is 5.91. The molecule has 0 atom stereocenters. The van der Waals surface area contributed by atoms with Gasteiger partial charge >= 0.3 is 5.97 Å². The number of methoxy groups -OCH3 is 1. The molecule has 0 bridgehead atoms. The molecular formula is C12H15ClFNO4S. The number of esters is 1. The molecule has 0 N–H and O–H groups in total. The maximum Gasteiger partial charge on any atom is 0.305 e. The van der Waals surface area contributed by atoms with Gasteiger partial charge < -0.3 is 4.74 Å². The lowest BCUT2D eigenvalue weighted by molar-refractivity contribution is -0.140. The third-order valence-corrected chi connectivity index (χ3v) is 4.79. The maximum atomic E-state index is 13.6. The minimum absolute atomic E-state index is 0.0828. The smallest absolute Gasteiger partial charge is 0.305 e. The molecule has 0 aromatic heterocycles. The van der Waals surface area contributed by atoms with Crippen molar-refractivity contribution in [3.05, 3.63) is 29.0 Å². The van der Waals surface area contributed by atoms with E-state index in [4.69, 9.17) is 11.6 Å². The molecule has 0 saturated heterocycles. The Bertz CT molecular complexity index is 591. The zero-order valence-electron chi connectivity index (χ0n) is 11.1. The molecule has 112 valence electrons. The minimum atomic E-state index is -3.94. The normalized spacial score (nSPS) is 11.7. The number of carbonyl (C=O) groups is 1. The number of benzene rings is 1. The Hall–Kier alpha value is -1.18. The molecule has 0 fully saturated rings. The number of halogens is 2. The van der Waals surface area contributed by atoms with E-state index in [1.165, 1.54) is 20.2 Å². The van der Waals surface area contributed by atoms with Gasteiger partial charge in [-0.25, -0.2) is 17.1 Å². The van der Waals surface area contributed by atoms with Crippen molar-refractivity contribution in [1.29, 1.82) is 0 Å². The predicted octanol–water partition coefficient (Wildman–Crippen LogP) is 2.05. The highest BCUT2D eigenvalue weighted by atomic mass is 35.5. The monoisotopic (exact) mass is 323 g/mol. The van der Waals surface area contributed by atoms with E-state index >= 15 is 0 Å². The zero-order valence-corrected chi connectivity index (χ0v) is 12.7. The summed E-state index contributed by atoms with van der Waals surface area (Å²) in [6, 6.07) is 3.36. The van der Waals surface area contributed by atoms with Gasteiger partial charge in [-0.15, -0.1) is 0 Å². The fourth-order valence-corrected chi connectivity index (χ4v) is 2.93. The Labute approximate surface area is 122 Å². The summed E-state index contributed by atoms with van der Waals surface area (Å²) >= 11 is 5.58. The molecule has 0 heterocycles. The quantitative estimate of drug-likeness (QED) is 0.752. The van der Waals surface area contributed by atoms with E-state index in [-0.39, 0.29) is 24.4 Å². The number of nitrogens with zero attached hydrogens (tertiary/aromatic N) is 1. The summed E-state index contributed by atoms with van der Waals surface area (Å²) in [5, 5.41) is 0.120. The molecule has 5 nitrogen and oxygen atoms in total. The first kappa shape index (κ1) is 16.9. The van der Waals surface area contributed by atoms with Gasteiger partial charge in [0.2, 0.25) is 10.0 Å². The van der Waals surface area contributed by atoms with Crippen LogP contribution in [-0.4, -0.2) is 39.4 Å². The average molecular weight is 324 g/mol. The Morgan fingerprint density at radius 2 is 2.10 bits per heavy atom. The van der Waals surface area contributed by atoms with Crippen LogP contribution in [-0.2, 0) is 19.6 Å². The summed E-state index contributed by atoms with van der Waals surface area (Å²) < 4.78 is 43.4. The van der Waals surface area contributed by atoms with E-state index in [0.29, 0.717) is 0 Å². The van der Waals surface area contributed by atoms with Crippen molar-refractivity contribution in [3.8, 4) is 0 Å². The molecule has 1 aromatic carbocycles. The zero-order chi connectivity index (χ0) is 15.3. The third-order valence-electron chi connectivity index (χ3n) is 2.66. The van der Waals surface area contributed by atoms with Crippen molar-refractivity contribution in [3.63, 3.8) is 0 Å². The third kappa shape index (κ3) is 4.16. The summed E-state index contributed by atoms with van der Waals surface area (Å²) in [6.07, 6.45) is 0.386. The number of sulfonamides is 1. The van der Waals surface area contributed by atoms with Crippen LogP contribution in [0.1, 0.15) is 12.8 Å². The molecule has 0 saturated carbocycles. The largest absolute Gasteiger partial charge is 0.469 e. The van der Waals surface area contributed by atoms with Crippen LogP contribution >= 0.6 is 11.6 Å².